The Kier molecular flexibility index (Phi) is 3.67. The number of nitrogen functional groups attached to an aromatic ring is 1. The number of aromatic nitrogens is 1. The maximum Gasteiger partial charge on any atom is 0.0951 e. The van der Waals surface area contributed by atoms with E-state index in [2.05, 4.69) is 23.0 Å². The maximum absolute atomic E-state index is 6.05. The highest BCUT2D eigenvalue weighted by atomic mass is 35.5. The van der Waals surface area contributed by atoms with E-state index in [1.807, 2.05) is 42.5 Å². The molecule has 3 aromatic rings. The molecule has 1 aromatic heterocycles. The van der Waals surface area contributed by atoms with Gasteiger partial charge in [0, 0.05) is 35.9 Å². The normalized spacial score (nSPS) is 10.8. The molecule has 0 bridgehead atoms. The Morgan fingerprint density at radius 3 is 2.76 bits per heavy atom. The number of benzene rings is 2. The molecule has 0 aliphatic carbocycles. The van der Waals surface area contributed by atoms with Gasteiger partial charge in [-0.3, -0.25) is 4.98 Å². The van der Waals surface area contributed by atoms with E-state index in [4.69, 9.17) is 17.3 Å². The molecule has 4 heteroatoms. The molecule has 0 saturated heterocycles. The Morgan fingerprint density at radius 2 is 1.95 bits per heavy atom. The van der Waals surface area contributed by atoms with Gasteiger partial charge in [0.05, 0.1) is 11.2 Å². The standard InChI is InChI=1S/C17H16ClN3/c1-21(11-12-4-2-5-13(18)10-12)16-8-9-20-17-14(16)6-3-7-15(17)19/h2-10H,11,19H2,1H3. The van der Waals surface area contributed by atoms with Crippen LogP contribution in [0.25, 0.3) is 10.9 Å². The average molecular weight is 298 g/mol. The monoisotopic (exact) mass is 297 g/mol. The van der Waals surface area contributed by atoms with Crippen molar-refractivity contribution < 1.29 is 0 Å². The molecule has 0 unspecified atom stereocenters. The van der Waals surface area contributed by atoms with Crippen LogP contribution in [-0.4, -0.2) is 12.0 Å². The minimum Gasteiger partial charge on any atom is -0.397 e. The number of para-hydroxylation sites is 1. The minimum atomic E-state index is 0.700. The molecule has 0 saturated carbocycles. The molecular weight excluding hydrogens is 282 g/mol. The Morgan fingerprint density at radius 1 is 1.14 bits per heavy atom. The van der Waals surface area contributed by atoms with E-state index < -0.39 is 0 Å². The molecule has 1 heterocycles. The van der Waals surface area contributed by atoms with E-state index in [1.54, 1.807) is 6.20 Å². The molecule has 3 rings (SSSR count). The van der Waals surface area contributed by atoms with Crippen LogP contribution in [-0.2, 0) is 6.54 Å². The van der Waals surface area contributed by atoms with Gasteiger partial charge in [0.1, 0.15) is 0 Å². The molecule has 0 amide bonds. The zero-order chi connectivity index (χ0) is 14.8. The number of fused-ring (bicyclic) bond motifs is 1. The number of anilines is 2. The van der Waals surface area contributed by atoms with E-state index in [0.29, 0.717) is 5.69 Å². The smallest absolute Gasteiger partial charge is 0.0951 e. The van der Waals surface area contributed by atoms with Gasteiger partial charge in [0.15, 0.2) is 0 Å². The molecule has 0 radical (unpaired) electrons. The van der Waals surface area contributed by atoms with E-state index >= 15 is 0 Å². The van der Waals surface area contributed by atoms with Gasteiger partial charge in [-0.15, -0.1) is 0 Å². The minimum absolute atomic E-state index is 0.700. The summed E-state index contributed by atoms with van der Waals surface area (Å²) in [7, 11) is 2.05. The molecule has 3 nitrogen and oxygen atoms in total. The third-order valence-electron chi connectivity index (χ3n) is 3.50. The molecule has 21 heavy (non-hydrogen) atoms. The number of halogens is 1. The van der Waals surface area contributed by atoms with E-state index in [9.17, 15) is 0 Å². The number of rotatable bonds is 3. The highest BCUT2D eigenvalue weighted by molar-refractivity contribution is 6.30. The van der Waals surface area contributed by atoms with Gasteiger partial charge in [-0.2, -0.15) is 0 Å². The Labute approximate surface area is 129 Å². The fourth-order valence-corrected chi connectivity index (χ4v) is 2.72. The SMILES string of the molecule is CN(Cc1cccc(Cl)c1)c1ccnc2c(N)cccc12. The first-order chi connectivity index (χ1) is 10.1. The van der Waals surface area contributed by atoms with Crippen LogP contribution in [0.4, 0.5) is 11.4 Å². The van der Waals surface area contributed by atoms with Gasteiger partial charge in [-0.05, 0) is 29.8 Å². The van der Waals surface area contributed by atoms with Gasteiger partial charge < -0.3 is 10.6 Å². The Balaban J connectivity index is 1.98. The molecule has 0 aliphatic heterocycles. The summed E-state index contributed by atoms with van der Waals surface area (Å²) >= 11 is 6.05. The van der Waals surface area contributed by atoms with Gasteiger partial charge in [0.25, 0.3) is 0 Å². The van der Waals surface area contributed by atoms with Gasteiger partial charge >= 0.3 is 0 Å². The van der Waals surface area contributed by atoms with Gasteiger partial charge in [-0.1, -0.05) is 35.9 Å². The highest BCUT2D eigenvalue weighted by Crippen LogP contribution is 2.28. The summed E-state index contributed by atoms with van der Waals surface area (Å²) in [4.78, 5) is 6.55. The van der Waals surface area contributed by atoms with Crippen LogP contribution in [0.3, 0.4) is 0 Å². The van der Waals surface area contributed by atoms with Crippen LogP contribution in [0.5, 0.6) is 0 Å². The van der Waals surface area contributed by atoms with E-state index in [1.165, 1.54) is 5.56 Å². The third kappa shape index (κ3) is 2.78. The predicted octanol–water partition coefficient (Wildman–Crippen LogP) is 4.11. The second-order valence-electron chi connectivity index (χ2n) is 5.06. The maximum atomic E-state index is 6.05. The van der Waals surface area contributed by atoms with Crippen molar-refractivity contribution in [2.45, 2.75) is 6.54 Å². The lowest BCUT2D eigenvalue weighted by molar-refractivity contribution is 0.927. The Bertz CT molecular complexity index is 786. The number of nitrogens with two attached hydrogens (primary N) is 1. The molecule has 2 aromatic carbocycles. The van der Waals surface area contributed by atoms with E-state index in [-0.39, 0.29) is 0 Å². The molecule has 0 atom stereocenters. The molecular formula is C17H16ClN3. The largest absolute Gasteiger partial charge is 0.397 e. The third-order valence-corrected chi connectivity index (χ3v) is 3.73. The quantitative estimate of drug-likeness (QED) is 0.740. The van der Waals surface area contributed by atoms with Crippen LogP contribution in [0.1, 0.15) is 5.56 Å². The predicted molar refractivity (Wildman–Crippen MR) is 89.7 cm³/mol. The zero-order valence-electron chi connectivity index (χ0n) is 11.8. The fraction of sp³-hybridized carbons (Fsp3) is 0.118. The highest BCUT2D eigenvalue weighted by Gasteiger charge is 2.09. The summed E-state index contributed by atoms with van der Waals surface area (Å²) in [5, 5.41) is 1.81. The van der Waals surface area contributed by atoms with Crippen LogP contribution in [0, 0.1) is 0 Å². The first kappa shape index (κ1) is 13.7. The van der Waals surface area contributed by atoms with Crippen molar-refractivity contribution in [2.75, 3.05) is 17.7 Å². The van der Waals surface area contributed by atoms with Crippen molar-refractivity contribution in [1.82, 2.24) is 4.98 Å². The van der Waals surface area contributed by atoms with Crippen LogP contribution in [0.15, 0.2) is 54.7 Å². The lowest BCUT2D eigenvalue weighted by Gasteiger charge is -2.21. The second-order valence-corrected chi connectivity index (χ2v) is 5.50. The summed E-state index contributed by atoms with van der Waals surface area (Å²) in [6.07, 6.45) is 1.79. The summed E-state index contributed by atoms with van der Waals surface area (Å²) in [6.45, 7) is 0.772. The van der Waals surface area contributed by atoms with Crippen LogP contribution in [0.2, 0.25) is 5.02 Å². The van der Waals surface area contributed by atoms with Crippen LogP contribution < -0.4 is 10.6 Å². The number of hydrogen-bond acceptors (Lipinski definition) is 3. The van der Waals surface area contributed by atoms with Crippen molar-refractivity contribution in [3.8, 4) is 0 Å². The summed E-state index contributed by atoms with van der Waals surface area (Å²) in [5.74, 6) is 0. The topological polar surface area (TPSA) is 42.2 Å². The first-order valence-corrected chi connectivity index (χ1v) is 7.12. The molecule has 106 valence electrons. The van der Waals surface area contributed by atoms with Crippen molar-refractivity contribution in [3.63, 3.8) is 0 Å². The van der Waals surface area contributed by atoms with Crippen molar-refractivity contribution in [1.29, 1.82) is 0 Å². The van der Waals surface area contributed by atoms with Crippen LogP contribution >= 0.6 is 11.6 Å². The lowest BCUT2D eigenvalue weighted by Crippen LogP contribution is -2.16. The summed E-state index contributed by atoms with van der Waals surface area (Å²) in [5.41, 5.74) is 9.81. The number of hydrogen-bond donors (Lipinski definition) is 1. The van der Waals surface area contributed by atoms with Gasteiger partial charge in [-0.25, -0.2) is 0 Å². The molecule has 2 N–H and O–H groups in total. The van der Waals surface area contributed by atoms with Crippen molar-refractivity contribution in [2.24, 2.45) is 0 Å². The van der Waals surface area contributed by atoms with E-state index in [0.717, 1.165) is 28.2 Å². The summed E-state index contributed by atoms with van der Waals surface area (Å²) in [6, 6.07) is 15.8. The van der Waals surface area contributed by atoms with Crippen molar-refractivity contribution >= 4 is 33.9 Å². The molecule has 0 aliphatic rings. The lowest BCUT2D eigenvalue weighted by atomic mass is 10.1. The average Bonchev–Trinajstić information content (AvgIpc) is 2.47. The Hall–Kier alpha value is -2.26. The molecule has 0 spiro atoms. The number of pyridine rings is 1. The second kappa shape index (κ2) is 5.62. The summed E-state index contributed by atoms with van der Waals surface area (Å²) < 4.78 is 0. The van der Waals surface area contributed by atoms with Crippen molar-refractivity contribution in [3.05, 3.63) is 65.3 Å². The zero-order valence-corrected chi connectivity index (χ0v) is 12.5. The first-order valence-electron chi connectivity index (χ1n) is 6.74. The van der Waals surface area contributed by atoms with Gasteiger partial charge in [0.2, 0.25) is 0 Å². The fourth-order valence-electron chi connectivity index (χ4n) is 2.51. The molecule has 0 fully saturated rings. The number of nitrogens with zero attached hydrogens (tertiary/aromatic N) is 2.